The van der Waals surface area contributed by atoms with E-state index in [4.69, 9.17) is 24.2 Å². The molecule has 0 unspecified atom stereocenters. The van der Waals surface area contributed by atoms with Crippen LogP contribution in [0.5, 0.6) is 17.2 Å². The molecule has 0 saturated carbocycles. The van der Waals surface area contributed by atoms with E-state index in [2.05, 4.69) is 0 Å². The Bertz CT molecular complexity index is 1350. The van der Waals surface area contributed by atoms with E-state index in [1.54, 1.807) is 55.6 Å². The van der Waals surface area contributed by atoms with Gasteiger partial charge in [-0.15, -0.1) is 0 Å². The van der Waals surface area contributed by atoms with Gasteiger partial charge >= 0.3 is 6.09 Å². The Morgan fingerprint density at radius 3 is 2.51 bits per heavy atom. The highest BCUT2D eigenvalue weighted by molar-refractivity contribution is 7.89. The molecule has 0 saturated heterocycles. The number of benzene rings is 3. The summed E-state index contributed by atoms with van der Waals surface area (Å²) in [5.74, 6) is -0.168. The number of hydrogen-bond acceptors (Lipinski definition) is 8. The molecule has 0 aromatic heterocycles. The van der Waals surface area contributed by atoms with Crippen LogP contribution in [0.15, 0.2) is 71.6 Å². The second kappa shape index (κ2) is 11.6. The van der Waals surface area contributed by atoms with E-state index in [1.807, 2.05) is 0 Å². The van der Waals surface area contributed by atoms with Gasteiger partial charge in [0, 0.05) is 19.2 Å². The van der Waals surface area contributed by atoms with Gasteiger partial charge in [0.15, 0.2) is 17.8 Å². The van der Waals surface area contributed by atoms with Crippen LogP contribution in [-0.2, 0) is 25.9 Å². The average Bonchev–Trinajstić information content (AvgIpc) is 2.90. The molecule has 10 nitrogen and oxygen atoms in total. The quantitative estimate of drug-likeness (QED) is 0.241. The molecular formula is C25H25FN2O8S. The second-order valence-corrected chi connectivity index (χ2v) is 9.83. The Labute approximate surface area is 213 Å². The SMILES string of the molecule is COCCOc1ccc(Oc2ccc(S(=O)(=O)N3CCc4ccccc4[C@@H]3OC(=O)NO)cc2F)cc1. The summed E-state index contributed by atoms with van der Waals surface area (Å²) in [7, 11) is -2.74. The lowest BCUT2D eigenvalue weighted by molar-refractivity contribution is 0.00235. The van der Waals surface area contributed by atoms with Gasteiger partial charge in [0.05, 0.1) is 11.5 Å². The van der Waals surface area contributed by atoms with Crippen LogP contribution in [0, 0.1) is 5.82 Å². The number of amides is 1. The number of methoxy groups -OCH3 is 1. The predicted octanol–water partition coefficient (Wildman–Crippen LogP) is 4.00. The number of nitrogens with one attached hydrogen (secondary N) is 1. The van der Waals surface area contributed by atoms with Crippen LogP contribution in [0.4, 0.5) is 9.18 Å². The van der Waals surface area contributed by atoms with Crippen molar-refractivity contribution in [3.63, 3.8) is 0 Å². The van der Waals surface area contributed by atoms with Crippen molar-refractivity contribution in [2.24, 2.45) is 0 Å². The smallest absolute Gasteiger partial charge is 0.432 e. The maximum absolute atomic E-state index is 14.9. The second-order valence-electron chi connectivity index (χ2n) is 7.94. The highest BCUT2D eigenvalue weighted by atomic mass is 32.2. The van der Waals surface area contributed by atoms with E-state index < -0.39 is 28.2 Å². The van der Waals surface area contributed by atoms with Gasteiger partial charge in [0.25, 0.3) is 0 Å². The van der Waals surface area contributed by atoms with Gasteiger partial charge in [-0.05, 0) is 54.4 Å². The van der Waals surface area contributed by atoms with Gasteiger partial charge in [0.2, 0.25) is 10.0 Å². The number of fused-ring (bicyclic) bond motifs is 1. The molecule has 1 aliphatic rings. The summed E-state index contributed by atoms with van der Waals surface area (Å²) in [6.07, 6.45) is -2.23. The number of hydrogen-bond donors (Lipinski definition) is 2. The first kappa shape index (κ1) is 26.4. The molecule has 0 fully saturated rings. The number of carbonyl (C=O) groups is 1. The highest BCUT2D eigenvalue weighted by Crippen LogP contribution is 2.36. The molecule has 3 aromatic carbocycles. The van der Waals surface area contributed by atoms with Crippen molar-refractivity contribution >= 4 is 16.1 Å². The van der Waals surface area contributed by atoms with Crippen LogP contribution >= 0.6 is 0 Å². The molecule has 4 rings (SSSR count). The maximum atomic E-state index is 14.9. The number of rotatable bonds is 9. The molecule has 0 bridgehead atoms. The summed E-state index contributed by atoms with van der Waals surface area (Å²) in [6.45, 7) is 0.784. The molecule has 196 valence electrons. The van der Waals surface area contributed by atoms with Crippen LogP contribution in [0.3, 0.4) is 0 Å². The molecular weight excluding hydrogens is 507 g/mol. The minimum absolute atomic E-state index is 0.0264. The molecule has 0 radical (unpaired) electrons. The van der Waals surface area contributed by atoms with Crippen molar-refractivity contribution < 1.29 is 41.8 Å². The first-order valence-electron chi connectivity index (χ1n) is 11.2. The van der Waals surface area contributed by atoms with Crippen molar-refractivity contribution in [2.75, 3.05) is 26.9 Å². The minimum Gasteiger partial charge on any atom is -0.491 e. The monoisotopic (exact) mass is 532 g/mol. The summed E-state index contributed by atoms with van der Waals surface area (Å²) >= 11 is 0. The topological polar surface area (TPSA) is 124 Å². The normalized spacial score (nSPS) is 15.5. The van der Waals surface area contributed by atoms with E-state index in [0.29, 0.717) is 36.7 Å². The lowest BCUT2D eigenvalue weighted by Crippen LogP contribution is -2.43. The zero-order valence-corrected chi connectivity index (χ0v) is 20.6. The molecule has 0 spiro atoms. The minimum atomic E-state index is -4.31. The van der Waals surface area contributed by atoms with Gasteiger partial charge in [-0.3, -0.25) is 5.21 Å². The first-order valence-corrected chi connectivity index (χ1v) is 12.7. The Balaban J connectivity index is 1.55. The van der Waals surface area contributed by atoms with E-state index in [-0.39, 0.29) is 17.2 Å². The Hall–Kier alpha value is -3.71. The Kier molecular flexibility index (Phi) is 8.24. The van der Waals surface area contributed by atoms with E-state index in [1.165, 1.54) is 17.6 Å². The molecule has 37 heavy (non-hydrogen) atoms. The summed E-state index contributed by atoms with van der Waals surface area (Å²) in [5, 5.41) is 8.90. The van der Waals surface area contributed by atoms with E-state index in [0.717, 1.165) is 15.9 Å². The standard InChI is InChI=1S/C25H25FN2O8S/c1-33-14-15-34-18-6-8-19(9-7-18)35-23-11-10-20(16-22(23)26)37(31,32)28-13-12-17-4-2-3-5-21(17)24(28)36-25(29)27-30/h2-11,16,24,30H,12-15H2,1H3,(H,27,29)/t24-/m0/s1. The van der Waals surface area contributed by atoms with Crippen molar-refractivity contribution in [3.8, 4) is 17.2 Å². The molecule has 1 heterocycles. The lowest BCUT2D eigenvalue weighted by atomic mass is 10.00. The molecule has 12 heteroatoms. The van der Waals surface area contributed by atoms with Crippen LogP contribution in [0.1, 0.15) is 17.4 Å². The van der Waals surface area contributed by atoms with Crippen molar-refractivity contribution in [3.05, 3.63) is 83.7 Å². The average molecular weight is 533 g/mol. The lowest BCUT2D eigenvalue weighted by Gasteiger charge is -2.35. The van der Waals surface area contributed by atoms with Gasteiger partial charge < -0.3 is 18.9 Å². The maximum Gasteiger partial charge on any atom is 0.432 e. The van der Waals surface area contributed by atoms with Crippen LogP contribution < -0.4 is 15.0 Å². The Morgan fingerprint density at radius 2 is 1.81 bits per heavy atom. The van der Waals surface area contributed by atoms with Crippen molar-refractivity contribution in [1.82, 2.24) is 9.79 Å². The zero-order chi connectivity index (χ0) is 26.4. The molecule has 0 aliphatic carbocycles. The third kappa shape index (κ3) is 6.00. The van der Waals surface area contributed by atoms with Gasteiger partial charge in [0.1, 0.15) is 18.1 Å². The number of hydroxylamine groups is 1. The van der Waals surface area contributed by atoms with Crippen LogP contribution in [0.2, 0.25) is 0 Å². The third-order valence-corrected chi connectivity index (χ3v) is 7.45. The third-order valence-electron chi connectivity index (χ3n) is 5.61. The Morgan fingerprint density at radius 1 is 1.08 bits per heavy atom. The van der Waals surface area contributed by atoms with E-state index >= 15 is 0 Å². The van der Waals surface area contributed by atoms with Crippen LogP contribution in [-0.4, -0.2) is 50.9 Å². The molecule has 3 aromatic rings. The van der Waals surface area contributed by atoms with Crippen LogP contribution in [0.25, 0.3) is 0 Å². The zero-order valence-electron chi connectivity index (χ0n) is 19.8. The fraction of sp³-hybridized carbons (Fsp3) is 0.240. The number of halogens is 1. The molecule has 1 aliphatic heterocycles. The molecule has 1 amide bonds. The summed E-state index contributed by atoms with van der Waals surface area (Å²) < 4.78 is 64.0. The fourth-order valence-electron chi connectivity index (χ4n) is 3.84. The van der Waals surface area contributed by atoms with Gasteiger partial charge in [-0.25, -0.2) is 23.1 Å². The van der Waals surface area contributed by atoms with Crippen molar-refractivity contribution in [2.45, 2.75) is 17.5 Å². The van der Waals surface area contributed by atoms with Gasteiger partial charge in [-0.2, -0.15) is 4.31 Å². The largest absolute Gasteiger partial charge is 0.491 e. The number of sulfonamides is 1. The number of carbonyl (C=O) groups excluding carboxylic acids is 1. The first-order chi connectivity index (χ1) is 17.8. The number of ether oxygens (including phenoxy) is 4. The van der Waals surface area contributed by atoms with Gasteiger partial charge in [-0.1, -0.05) is 24.3 Å². The highest BCUT2D eigenvalue weighted by Gasteiger charge is 2.39. The fourth-order valence-corrected chi connectivity index (χ4v) is 5.34. The number of nitrogens with zero attached hydrogens (tertiary/aromatic N) is 1. The predicted molar refractivity (Wildman–Crippen MR) is 128 cm³/mol. The molecule has 1 atom stereocenters. The summed E-state index contributed by atoms with van der Waals surface area (Å²) in [6, 6.07) is 16.6. The molecule has 2 N–H and O–H groups in total. The van der Waals surface area contributed by atoms with E-state index in [9.17, 15) is 17.6 Å². The summed E-state index contributed by atoms with van der Waals surface area (Å²) in [5.41, 5.74) is 2.57. The van der Waals surface area contributed by atoms with Crippen molar-refractivity contribution in [1.29, 1.82) is 0 Å². The summed E-state index contributed by atoms with van der Waals surface area (Å²) in [4.78, 5) is 11.4.